The summed E-state index contributed by atoms with van der Waals surface area (Å²) in [7, 11) is -1.85. The largest absolute Gasteiger partial charge is 0.361 e. The molecule has 3 rings (SSSR count). The summed E-state index contributed by atoms with van der Waals surface area (Å²) in [6.45, 7) is 1.35. The van der Waals surface area contributed by atoms with Crippen molar-refractivity contribution in [2.45, 2.75) is 10.6 Å². The van der Waals surface area contributed by atoms with Crippen LogP contribution in [0.1, 0.15) is 5.56 Å². The summed E-state index contributed by atoms with van der Waals surface area (Å²) >= 11 is 6.82. The maximum atomic E-state index is 12.1. The molecule has 2 heterocycles. The molecule has 3 aromatic rings. The molecule has 0 aliphatic heterocycles. The lowest BCUT2D eigenvalue weighted by Crippen LogP contribution is -2.42. The van der Waals surface area contributed by atoms with E-state index in [0.717, 1.165) is 23.3 Å². The molecule has 0 saturated heterocycles. The smallest absolute Gasteiger partial charge is 0.250 e. The third kappa shape index (κ3) is 5.26. The van der Waals surface area contributed by atoms with E-state index in [1.165, 1.54) is 17.0 Å². The number of aromatic nitrogens is 1. The molecule has 0 saturated carbocycles. The Balaban J connectivity index is 1.41. The van der Waals surface area contributed by atoms with Crippen LogP contribution in [0.2, 0.25) is 4.34 Å². The van der Waals surface area contributed by atoms with Crippen molar-refractivity contribution in [2.24, 2.45) is 4.99 Å². The van der Waals surface area contributed by atoms with Gasteiger partial charge in [-0.05, 0) is 30.2 Å². The maximum absolute atomic E-state index is 12.1. The number of halogens is 1. The Morgan fingerprint density at radius 1 is 1.14 bits per heavy atom. The molecular weight excluding hydrogens is 418 g/mol. The van der Waals surface area contributed by atoms with Gasteiger partial charge >= 0.3 is 0 Å². The Morgan fingerprint density at radius 2 is 1.93 bits per heavy atom. The maximum Gasteiger partial charge on any atom is 0.250 e. The van der Waals surface area contributed by atoms with Crippen molar-refractivity contribution in [3.63, 3.8) is 0 Å². The second-order valence-electron chi connectivity index (χ2n) is 5.99. The van der Waals surface area contributed by atoms with Crippen LogP contribution >= 0.6 is 22.9 Å². The summed E-state index contributed by atoms with van der Waals surface area (Å²) in [6.07, 6.45) is 2.87. The second-order valence-corrected chi connectivity index (χ2v) is 9.70. The van der Waals surface area contributed by atoms with E-state index in [1.807, 2.05) is 18.3 Å². The van der Waals surface area contributed by atoms with Gasteiger partial charge in [0, 0.05) is 43.8 Å². The average molecular weight is 440 g/mol. The number of fused-ring (bicyclic) bond motifs is 1. The molecule has 0 unspecified atom stereocenters. The number of aromatic amines is 1. The van der Waals surface area contributed by atoms with E-state index >= 15 is 0 Å². The van der Waals surface area contributed by atoms with Crippen LogP contribution in [0.25, 0.3) is 10.9 Å². The number of sulfonamides is 1. The lowest BCUT2D eigenvalue weighted by Gasteiger charge is -2.12. The molecule has 0 aliphatic carbocycles. The molecule has 4 N–H and O–H groups in total. The number of nitrogens with zero attached hydrogens (tertiary/aromatic N) is 1. The van der Waals surface area contributed by atoms with Gasteiger partial charge in [-0.3, -0.25) is 4.99 Å². The molecule has 0 spiro atoms. The van der Waals surface area contributed by atoms with Gasteiger partial charge in [-0.15, -0.1) is 11.3 Å². The van der Waals surface area contributed by atoms with Crippen molar-refractivity contribution >= 4 is 49.8 Å². The SMILES string of the molecule is CN=C(NCCNS(=O)(=O)c1ccc(Cl)s1)NCCc1c[nH]c2ccccc12. The first-order chi connectivity index (χ1) is 13.5. The fourth-order valence-corrected chi connectivity index (χ4v) is 5.31. The Labute approximate surface area is 173 Å². The molecular formula is C18H22ClN5O2S2. The van der Waals surface area contributed by atoms with Gasteiger partial charge in [-0.2, -0.15) is 0 Å². The van der Waals surface area contributed by atoms with Gasteiger partial charge < -0.3 is 15.6 Å². The average Bonchev–Trinajstić information content (AvgIpc) is 3.30. The van der Waals surface area contributed by atoms with Crippen LogP contribution in [0.5, 0.6) is 0 Å². The summed E-state index contributed by atoms with van der Waals surface area (Å²) in [5.41, 5.74) is 2.36. The molecule has 0 bridgehead atoms. The Hall–Kier alpha value is -2.07. The van der Waals surface area contributed by atoms with Gasteiger partial charge in [0.1, 0.15) is 4.21 Å². The molecule has 10 heteroatoms. The standard InChI is InChI=1S/C18H22ClN5O2S2/c1-20-18(21-9-8-13-12-23-15-5-3-2-4-14(13)15)22-10-11-24-28(25,26)17-7-6-16(19)27-17/h2-7,12,23-24H,8-11H2,1H3,(H2,20,21,22). The van der Waals surface area contributed by atoms with Gasteiger partial charge in [-0.1, -0.05) is 29.8 Å². The van der Waals surface area contributed by atoms with E-state index in [-0.39, 0.29) is 10.8 Å². The van der Waals surface area contributed by atoms with E-state index in [9.17, 15) is 8.42 Å². The third-order valence-electron chi connectivity index (χ3n) is 4.11. The van der Waals surface area contributed by atoms with Gasteiger partial charge in [0.25, 0.3) is 0 Å². The molecule has 150 valence electrons. The summed E-state index contributed by atoms with van der Waals surface area (Å²) in [4.78, 5) is 7.42. The summed E-state index contributed by atoms with van der Waals surface area (Å²) in [5, 5.41) is 7.55. The van der Waals surface area contributed by atoms with Crippen LogP contribution in [0, 0.1) is 0 Å². The van der Waals surface area contributed by atoms with Crippen molar-refractivity contribution < 1.29 is 8.42 Å². The highest BCUT2D eigenvalue weighted by Crippen LogP contribution is 2.25. The van der Waals surface area contributed by atoms with Crippen LogP contribution in [0.4, 0.5) is 0 Å². The highest BCUT2D eigenvalue weighted by molar-refractivity contribution is 7.91. The van der Waals surface area contributed by atoms with E-state index in [2.05, 4.69) is 37.5 Å². The number of benzene rings is 1. The quantitative estimate of drug-likeness (QED) is 0.246. The highest BCUT2D eigenvalue weighted by Gasteiger charge is 2.15. The van der Waals surface area contributed by atoms with Crippen molar-refractivity contribution in [1.29, 1.82) is 0 Å². The predicted octanol–water partition coefficient (Wildman–Crippen LogP) is 2.57. The normalized spacial score (nSPS) is 12.4. The molecule has 0 atom stereocenters. The topological polar surface area (TPSA) is 98.4 Å². The lowest BCUT2D eigenvalue weighted by molar-refractivity contribution is 0.582. The number of hydrogen-bond acceptors (Lipinski definition) is 4. The molecule has 0 amide bonds. The van der Waals surface area contributed by atoms with Crippen molar-refractivity contribution in [1.82, 2.24) is 20.3 Å². The van der Waals surface area contributed by atoms with Gasteiger partial charge in [0.15, 0.2) is 5.96 Å². The molecule has 1 aromatic carbocycles. The Bertz CT molecular complexity index is 1060. The number of para-hydroxylation sites is 1. The first-order valence-electron chi connectivity index (χ1n) is 8.74. The van der Waals surface area contributed by atoms with Crippen LogP contribution in [0.15, 0.2) is 51.8 Å². The Morgan fingerprint density at radius 3 is 2.68 bits per heavy atom. The summed E-state index contributed by atoms with van der Waals surface area (Å²) < 4.78 is 27.5. The molecule has 7 nitrogen and oxygen atoms in total. The Kier molecular flexibility index (Phi) is 6.95. The molecule has 28 heavy (non-hydrogen) atoms. The van der Waals surface area contributed by atoms with E-state index in [0.29, 0.717) is 23.4 Å². The monoisotopic (exact) mass is 439 g/mol. The second kappa shape index (κ2) is 9.42. The minimum atomic E-state index is -3.53. The van der Waals surface area contributed by atoms with Crippen LogP contribution in [0.3, 0.4) is 0 Å². The van der Waals surface area contributed by atoms with Crippen LogP contribution in [-0.4, -0.2) is 46.0 Å². The molecule has 0 fully saturated rings. The first kappa shape index (κ1) is 20.7. The van der Waals surface area contributed by atoms with E-state index < -0.39 is 10.0 Å². The molecule has 2 aromatic heterocycles. The summed E-state index contributed by atoms with van der Waals surface area (Å²) in [5.74, 6) is 0.623. The zero-order valence-electron chi connectivity index (χ0n) is 15.3. The fraction of sp³-hybridized carbons (Fsp3) is 0.278. The zero-order valence-corrected chi connectivity index (χ0v) is 17.7. The molecule has 0 aliphatic rings. The minimum Gasteiger partial charge on any atom is -0.361 e. The van der Waals surface area contributed by atoms with E-state index in [1.54, 1.807) is 13.1 Å². The lowest BCUT2D eigenvalue weighted by atomic mass is 10.1. The van der Waals surface area contributed by atoms with Gasteiger partial charge in [-0.25, -0.2) is 13.1 Å². The van der Waals surface area contributed by atoms with Gasteiger partial charge in [0.2, 0.25) is 10.0 Å². The number of nitrogens with one attached hydrogen (secondary N) is 4. The van der Waals surface area contributed by atoms with Crippen molar-refractivity contribution in [2.75, 3.05) is 26.7 Å². The number of rotatable bonds is 8. The minimum absolute atomic E-state index is 0.207. The predicted molar refractivity (Wildman–Crippen MR) is 116 cm³/mol. The number of aliphatic imine (C=N–C) groups is 1. The van der Waals surface area contributed by atoms with Crippen LogP contribution in [-0.2, 0) is 16.4 Å². The zero-order chi connectivity index (χ0) is 20.0. The highest BCUT2D eigenvalue weighted by atomic mass is 35.5. The van der Waals surface area contributed by atoms with Crippen molar-refractivity contribution in [3.05, 3.63) is 52.5 Å². The third-order valence-corrected chi connectivity index (χ3v) is 7.29. The number of thiophene rings is 1. The van der Waals surface area contributed by atoms with Crippen molar-refractivity contribution in [3.8, 4) is 0 Å². The summed E-state index contributed by atoms with van der Waals surface area (Å²) in [6, 6.07) is 11.2. The first-order valence-corrected chi connectivity index (χ1v) is 11.4. The number of H-pyrrole nitrogens is 1. The number of hydrogen-bond donors (Lipinski definition) is 4. The van der Waals surface area contributed by atoms with Gasteiger partial charge in [0.05, 0.1) is 4.34 Å². The molecule has 0 radical (unpaired) electrons. The number of guanidine groups is 1. The van der Waals surface area contributed by atoms with E-state index in [4.69, 9.17) is 11.6 Å². The fourth-order valence-electron chi connectivity index (χ4n) is 2.75. The van der Waals surface area contributed by atoms with Crippen LogP contribution < -0.4 is 15.4 Å².